The van der Waals surface area contributed by atoms with Crippen LogP contribution in [0.25, 0.3) is 0 Å². The molecule has 1 aromatic heterocycles. The van der Waals surface area contributed by atoms with Crippen molar-refractivity contribution in [2.75, 3.05) is 11.5 Å². The molecule has 0 amide bonds. The highest BCUT2D eigenvalue weighted by Gasteiger charge is 2.44. The Balaban J connectivity index is 2.21. The van der Waals surface area contributed by atoms with E-state index < -0.39 is 10.7 Å². The third-order valence-electron chi connectivity index (χ3n) is 2.33. The molecule has 1 aromatic rings. The lowest BCUT2D eigenvalue weighted by Gasteiger charge is -2.20. The second-order valence-corrected chi connectivity index (χ2v) is 5.88. The van der Waals surface area contributed by atoms with Crippen LogP contribution in [0.15, 0.2) is 11.5 Å². The summed E-state index contributed by atoms with van der Waals surface area (Å²) in [6.07, 6.45) is 2.27. The molecule has 5 nitrogen and oxygen atoms in total. The molecule has 1 N–H and O–H groups in total. The third-order valence-corrected chi connectivity index (χ3v) is 5.17. The van der Waals surface area contributed by atoms with Gasteiger partial charge >= 0.3 is 5.97 Å². The van der Waals surface area contributed by atoms with Crippen LogP contribution in [-0.4, -0.2) is 42.1 Å². The average molecular weight is 245 g/mol. The van der Waals surface area contributed by atoms with Gasteiger partial charge in [-0.3, -0.25) is 4.79 Å². The fourth-order valence-electron chi connectivity index (χ4n) is 1.38. The Hall–Kier alpha value is -0.690. The first-order chi connectivity index (χ1) is 7.14. The zero-order valence-corrected chi connectivity index (χ0v) is 9.85. The van der Waals surface area contributed by atoms with E-state index in [2.05, 4.69) is 10.2 Å². The predicted octanol–water partition coefficient (Wildman–Crippen LogP) is 0.867. The number of hydrogen-bond acceptors (Lipinski definition) is 5. The standard InChI is InChI=1S/C8H11N3O2S2/c1-11-5-9-10-7(11)15-8(6(12)13)2-3-14-4-8/h5H,2-4H2,1H3,(H,12,13). The first-order valence-corrected chi connectivity index (χ1v) is 6.45. The first kappa shape index (κ1) is 10.8. The molecule has 0 aliphatic carbocycles. The minimum atomic E-state index is -0.750. The van der Waals surface area contributed by atoms with Gasteiger partial charge in [0.15, 0.2) is 5.16 Å². The third kappa shape index (κ3) is 1.98. The van der Waals surface area contributed by atoms with Gasteiger partial charge in [-0.1, -0.05) is 11.8 Å². The summed E-state index contributed by atoms with van der Waals surface area (Å²) in [5.41, 5.74) is 0. The molecule has 1 fully saturated rings. The fraction of sp³-hybridized carbons (Fsp3) is 0.625. The van der Waals surface area contributed by atoms with Gasteiger partial charge in [0.2, 0.25) is 0 Å². The maximum atomic E-state index is 11.3. The van der Waals surface area contributed by atoms with E-state index in [0.717, 1.165) is 5.75 Å². The van der Waals surface area contributed by atoms with Crippen molar-refractivity contribution in [1.82, 2.24) is 14.8 Å². The van der Waals surface area contributed by atoms with E-state index in [1.165, 1.54) is 11.8 Å². The molecule has 0 spiro atoms. The molecular formula is C8H11N3O2S2. The van der Waals surface area contributed by atoms with Crippen LogP contribution in [0.2, 0.25) is 0 Å². The van der Waals surface area contributed by atoms with Gasteiger partial charge in [0, 0.05) is 12.8 Å². The van der Waals surface area contributed by atoms with Gasteiger partial charge in [-0.2, -0.15) is 11.8 Å². The highest BCUT2D eigenvalue weighted by Crippen LogP contribution is 2.42. The van der Waals surface area contributed by atoms with E-state index in [0.29, 0.717) is 17.3 Å². The number of aryl methyl sites for hydroxylation is 1. The lowest BCUT2D eigenvalue weighted by atomic mass is 10.1. The zero-order chi connectivity index (χ0) is 10.9. The van der Waals surface area contributed by atoms with E-state index in [-0.39, 0.29) is 0 Å². The lowest BCUT2D eigenvalue weighted by Crippen LogP contribution is -2.35. The van der Waals surface area contributed by atoms with Gasteiger partial charge in [-0.05, 0) is 12.2 Å². The van der Waals surface area contributed by atoms with Crippen molar-refractivity contribution in [3.8, 4) is 0 Å². The van der Waals surface area contributed by atoms with Crippen molar-refractivity contribution in [2.24, 2.45) is 7.05 Å². The summed E-state index contributed by atoms with van der Waals surface area (Å²) in [5, 5.41) is 17.6. The fourth-order valence-corrected chi connectivity index (χ4v) is 4.15. The average Bonchev–Trinajstić information content (AvgIpc) is 2.78. The molecule has 15 heavy (non-hydrogen) atoms. The smallest absolute Gasteiger partial charge is 0.321 e. The first-order valence-electron chi connectivity index (χ1n) is 4.48. The van der Waals surface area contributed by atoms with E-state index in [9.17, 15) is 9.90 Å². The number of carboxylic acids is 1. The minimum absolute atomic E-state index is 0.639. The monoisotopic (exact) mass is 245 g/mol. The second kappa shape index (κ2) is 4.05. The molecule has 0 saturated carbocycles. The Morgan fingerprint density at radius 2 is 2.60 bits per heavy atom. The van der Waals surface area contributed by atoms with Crippen molar-refractivity contribution in [3.63, 3.8) is 0 Å². The summed E-state index contributed by atoms with van der Waals surface area (Å²) in [6, 6.07) is 0. The van der Waals surface area contributed by atoms with Crippen LogP contribution >= 0.6 is 23.5 Å². The SMILES string of the molecule is Cn1cnnc1SC1(C(=O)O)CCSC1. The number of carbonyl (C=O) groups is 1. The quantitative estimate of drug-likeness (QED) is 0.852. The molecule has 1 atom stereocenters. The molecule has 7 heteroatoms. The Kier molecular flexibility index (Phi) is 2.92. The number of hydrogen-bond donors (Lipinski definition) is 1. The summed E-state index contributed by atoms with van der Waals surface area (Å²) >= 11 is 2.99. The van der Waals surface area contributed by atoms with Crippen LogP contribution < -0.4 is 0 Å². The largest absolute Gasteiger partial charge is 0.480 e. The van der Waals surface area contributed by atoms with E-state index >= 15 is 0 Å². The summed E-state index contributed by atoms with van der Waals surface area (Å²) in [7, 11) is 1.82. The number of aliphatic carboxylic acids is 1. The molecule has 1 unspecified atom stereocenters. The topological polar surface area (TPSA) is 68.0 Å². The molecule has 2 heterocycles. The maximum absolute atomic E-state index is 11.3. The number of aromatic nitrogens is 3. The molecule has 82 valence electrons. The second-order valence-electron chi connectivity index (χ2n) is 3.43. The summed E-state index contributed by atoms with van der Waals surface area (Å²) < 4.78 is 1.03. The summed E-state index contributed by atoms with van der Waals surface area (Å²) in [6.45, 7) is 0. The van der Waals surface area contributed by atoms with Gasteiger partial charge in [0.05, 0.1) is 0 Å². The van der Waals surface area contributed by atoms with Crippen molar-refractivity contribution in [1.29, 1.82) is 0 Å². The molecule has 1 saturated heterocycles. The molecule has 0 aromatic carbocycles. The van der Waals surface area contributed by atoms with Gasteiger partial charge < -0.3 is 9.67 Å². The van der Waals surface area contributed by atoms with Crippen molar-refractivity contribution in [3.05, 3.63) is 6.33 Å². The Labute approximate surface area is 95.6 Å². The van der Waals surface area contributed by atoms with Crippen LogP contribution in [0.1, 0.15) is 6.42 Å². The normalized spacial score (nSPS) is 25.7. The van der Waals surface area contributed by atoms with E-state index in [1.54, 1.807) is 22.7 Å². The summed E-state index contributed by atoms with van der Waals surface area (Å²) in [5.74, 6) is 0.789. The van der Waals surface area contributed by atoms with Crippen LogP contribution in [0.4, 0.5) is 0 Å². The Morgan fingerprint density at radius 3 is 3.07 bits per heavy atom. The zero-order valence-electron chi connectivity index (χ0n) is 8.21. The molecule has 0 bridgehead atoms. The number of carboxylic acid groups (broad SMARTS) is 1. The van der Waals surface area contributed by atoms with Gasteiger partial charge in [-0.15, -0.1) is 10.2 Å². The van der Waals surface area contributed by atoms with Crippen LogP contribution in [0, 0.1) is 0 Å². The van der Waals surface area contributed by atoms with Crippen molar-refractivity contribution in [2.45, 2.75) is 16.3 Å². The van der Waals surface area contributed by atoms with Gasteiger partial charge in [-0.25, -0.2) is 0 Å². The molecule has 0 radical (unpaired) electrons. The van der Waals surface area contributed by atoms with Gasteiger partial charge in [0.1, 0.15) is 11.1 Å². The molecule has 1 aliphatic rings. The van der Waals surface area contributed by atoms with E-state index in [4.69, 9.17) is 0 Å². The number of thioether (sulfide) groups is 2. The predicted molar refractivity (Wildman–Crippen MR) is 59.2 cm³/mol. The lowest BCUT2D eigenvalue weighted by molar-refractivity contribution is -0.139. The Morgan fingerprint density at radius 1 is 1.80 bits per heavy atom. The van der Waals surface area contributed by atoms with Crippen LogP contribution in [0.3, 0.4) is 0 Å². The highest BCUT2D eigenvalue weighted by atomic mass is 32.2. The molecular weight excluding hydrogens is 234 g/mol. The summed E-state index contributed by atoms with van der Waals surface area (Å²) in [4.78, 5) is 11.3. The molecule has 1 aliphatic heterocycles. The van der Waals surface area contributed by atoms with Crippen LogP contribution in [-0.2, 0) is 11.8 Å². The Bertz CT molecular complexity index is 374. The number of rotatable bonds is 3. The van der Waals surface area contributed by atoms with E-state index in [1.807, 2.05) is 7.05 Å². The molecule has 2 rings (SSSR count). The number of nitrogens with zero attached hydrogens (tertiary/aromatic N) is 3. The van der Waals surface area contributed by atoms with Crippen molar-refractivity contribution >= 4 is 29.5 Å². The maximum Gasteiger partial charge on any atom is 0.321 e. The minimum Gasteiger partial charge on any atom is -0.480 e. The van der Waals surface area contributed by atoms with Crippen LogP contribution in [0.5, 0.6) is 0 Å². The highest BCUT2D eigenvalue weighted by molar-refractivity contribution is 8.05. The van der Waals surface area contributed by atoms with Gasteiger partial charge in [0.25, 0.3) is 0 Å². The van der Waals surface area contributed by atoms with Crippen molar-refractivity contribution < 1.29 is 9.90 Å².